The molecule has 9 heteroatoms. The van der Waals surface area contributed by atoms with Crippen LogP contribution in [-0.2, 0) is 11.3 Å². The van der Waals surface area contributed by atoms with Crippen LogP contribution < -0.4 is 16.4 Å². The Kier molecular flexibility index (Phi) is 5.57. The van der Waals surface area contributed by atoms with Gasteiger partial charge in [-0.15, -0.1) is 10.2 Å². The lowest BCUT2D eigenvalue weighted by Crippen LogP contribution is -2.40. The summed E-state index contributed by atoms with van der Waals surface area (Å²) in [5, 5.41) is 13.6. The van der Waals surface area contributed by atoms with E-state index in [0.717, 1.165) is 25.1 Å². The molecule has 1 fully saturated rings. The standard InChI is InChI=1S/C12H20N6O2S/c1-2-5-14-11(20)15-10(19)7-21-12-17-16-9(6-13)18(12)8-3-4-8/h8H,2-7,13H2,1H3,(H2,14,15,19,20). The molecule has 0 saturated heterocycles. The Hall–Kier alpha value is -1.61. The van der Waals surface area contributed by atoms with Crippen LogP contribution in [0.15, 0.2) is 5.16 Å². The zero-order chi connectivity index (χ0) is 15.2. The van der Waals surface area contributed by atoms with Gasteiger partial charge in [-0.1, -0.05) is 18.7 Å². The van der Waals surface area contributed by atoms with Crippen LogP contribution >= 0.6 is 11.8 Å². The first-order chi connectivity index (χ1) is 10.2. The highest BCUT2D eigenvalue weighted by atomic mass is 32.2. The summed E-state index contributed by atoms with van der Waals surface area (Å²) in [4.78, 5) is 23.0. The van der Waals surface area contributed by atoms with Gasteiger partial charge < -0.3 is 15.6 Å². The Morgan fingerprint density at radius 3 is 2.81 bits per heavy atom. The zero-order valence-corrected chi connectivity index (χ0v) is 12.8. The predicted molar refractivity (Wildman–Crippen MR) is 78.7 cm³/mol. The lowest BCUT2D eigenvalue weighted by molar-refractivity contribution is -0.117. The van der Waals surface area contributed by atoms with Gasteiger partial charge >= 0.3 is 6.03 Å². The van der Waals surface area contributed by atoms with E-state index in [1.165, 1.54) is 11.8 Å². The van der Waals surface area contributed by atoms with E-state index in [0.29, 0.717) is 24.3 Å². The van der Waals surface area contributed by atoms with Crippen LogP contribution in [0.5, 0.6) is 0 Å². The molecule has 0 aromatic carbocycles. The van der Waals surface area contributed by atoms with Crippen LogP contribution in [0, 0.1) is 0 Å². The Labute approximate surface area is 127 Å². The van der Waals surface area contributed by atoms with E-state index in [1.807, 2.05) is 11.5 Å². The summed E-state index contributed by atoms with van der Waals surface area (Å²) in [5.41, 5.74) is 5.63. The van der Waals surface area contributed by atoms with Crippen LogP contribution in [0.4, 0.5) is 4.79 Å². The second-order valence-electron chi connectivity index (χ2n) is 4.80. The fourth-order valence-corrected chi connectivity index (χ4v) is 2.64. The van der Waals surface area contributed by atoms with Crippen molar-refractivity contribution in [2.24, 2.45) is 5.73 Å². The number of thioether (sulfide) groups is 1. The van der Waals surface area contributed by atoms with E-state index in [4.69, 9.17) is 5.73 Å². The Balaban J connectivity index is 1.84. The topological polar surface area (TPSA) is 115 Å². The van der Waals surface area contributed by atoms with Gasteiger partial charge in [0.25, 0.3) is 0 Å². The largest absolute Gasteiger partial charge is 0.338 e. The van der Waals surface area contributed by atoms with Gasteiger partial charge in [0.2, 0.25) is 5.91 Å². The average Bonchev–Trinajstić information content (AvgIpc) is 3.22. The Bertz CT molecular complexity index is 514. The van der Waals surface area contributed by atoms with E-state index in [2.05, 4.69) is 20.8 Å². The normalized spacial score (nSPS) is 14.0. The third kappa shape index (κ3) is 4.43. The highest BCUT2D eigenvalue weighted by Gasteiger charge is 2.29. The molecule has 21 heavy (non-hydrogen) atoms. The van der Waals surface area contributed by atoms with Crippen molar-refractivity contribution in [3.8, 4) is 0 Å². The number of urea groups is 1. The Morgan fingerprint density at radius 1 is 1.43 bits per heavy atom. The number of imide groups is 1. The molecule has 1 aromatic rings. The monoisotopic (exact) mass is 312 g/mol. The van der Waals surface area contributed by atoms with E-state index >= 15 is 0 Å². The lowest BCUT2D eigenvalue weighted by atomic mass is 10.5. The smallest absolute Gasteiger partial charge is 0.321 e. The molecule has 1 heterocycles. The molecule has 0 atom stereocenters. The van der Waals surface area contributed by atoms with Crippen LogP contribution in [0.1, 0.15) is 38.1 Å². The van der Waals surface area contributed by atoms with E-state index in [1.54, 1.807) is 0 Å². The number of nitrogens with two attached hydrogens (primary N) is 1. The van der Waals surface area contributed by atoms with Crippen molar-refractivity contribution in [3.63, 3.8) is 0 Å². The maximum Gasteiger partial charge on any atom is 0.321 e. The maximum atomic E-state index is 11.7. The van der Waals surface area contributed by atoms with E-state index < -0.39 is 6.03 Å². The molecule has 0 unspecified atom stereocenters. The summed E-state index contributed by atoms with van der Waals surface area (Å²) in [6.45, 7) is 2.81. The highest BCUT2D eigenvalue weighted by molar-refractivity contribution is 7.99. The summed E-state index contributed by atoms with van der Waals surface area (Å²) >= 11 is 1.27. The molecule has 0 spiro atoms. The van der Waals surface area contributed by atoms with Crippen LogP contribution in [-0.4, -0.2) is 39.0 Å². The first-order valence-electron chi connectivity index (χ1n) is 7.00. The van der Waals surface area contributed by atoms with Gasteiger partial charge in [0.15, 0.2) is 5.16 Å². The number of aromatic nitrogens is 3. The number of hydrogen-bond donors (Lipinski definition) is 3. The number of amides is 3. The molecule has 1 saturated carbocycles. The molecule has 1 aromatic heterocycles. The summed E-state index contributed by atoms with van der Waals surface area (Å²) in [5.74, 6) is 0.504. The average molecular weight is 312 g/mol. The third-order valence-electron chi connectivity index (χ3n) is 2.95. The SMILES string of the molecule is CCCNC(=O)NC(=O)CSc1nnc(CN)n1C1CC1. The number of hydrogen-bond acceptors (Lipinski definition) is 6. The molecule has 3 amide bonds. The summed E-state index contributed by atoms with van der Waals surface area (Å²) in [7, 11) is 0. The molecule has 8 nitrogen and oxygen atoms in total. The quantitative estimate of drug-likeness (QED) is 0.628. The minimum atomic E-state index is -0.464. The van der Waals surface area contributed by atoms with Crippen molar-refractivity contribution in [3.05, 3.63) is 5.82 Å². The number of carbonyl (C=O) groups excluding carboxylic acids is 2. The van der Waals surface area contributed by atoms with Gasteiger partial charge in [-0.25, -0.2) is 4.79 Å². The Morgan fingerprint density at radius 2 is 2.19 bits per heavy atom. The maximum absolute atomic E-state index is 11.7. The lowest BCUT2D eigenvalue weighted by Gasteiger charge is -2.08. The molecule has 1 aliphatic rings. The van der Waals surface area contributed by atoms with Crippen molar-refractivity contribution in [2.75, 3.05) is 12.3 Å². The van der Waals surface area contributed by atoms with Crippen LogP contribution in [0.2, 0.25) is 0 Å². The van der Waals surface area contributed by atoms with Gasteiger partial charge in [0, 0.05) is 12.6 Å². The molecule has 116 valence electrons. The summed E-state index contributed by atoms with van der Waals surface area (Å²) in [6, 6.07) is -0.0641. The minimum absolute atomic E-state index is 0.120. The molecule has 1 aliphatic carbocycles. The van der Waals surface area contributed by atoms with Crippen molar-refractivity contribution >= 4 is 23.7 Å². The van der Waals surface area contributed by atoms with Crippen molar-refractivity contribution < 1.29 is 9.59 Å². The molecule has 4 N–H and O–H groups in total. The molecule has 0 radical (unpaired) electrons. The second-order valence-corrected chi connectivity index (χ2v) is 5.74. The van der Waals surface area contributed by atoms with Crippen LogP contribution in [0.3, 0.4) is 0 Å². The molecular formula is C12H20N6O2S. The zero-order valence-electron chi connectivity index (χ0n) is 12.0. The first-order valence-corrected chi connectivity index (χ1v) is 7.98. The number of nitrogens with one attached hydrogen (secondary N) is 2. The molecular weight excluding hydrogens is 292 g/mol. The van der Waals surface area contributed by atoms with Gasteiger partial charge in [0.05, 0.1) is 12.3 Å². The molecule has 2 rings (SSSR count). The molecule has 0 bridgehead atoms. The number of carbonyl (C=O) groups is 2. The van der Waals surface area contributed by atoms with Gasteiger partial charge in [-0.2, -0.15) is 0 Å². The minimum Gasteiger partial charge on any atom is -0.338 e. The second kappa shape index (κ2) is 7.41. The van der Waals surface area contributed by atoms with Gasteiger partial charge in [0.1, 0.15) is 5.82 Å². The van der Waals surface area contributed by atoms with E-state index in [9.17, 15) is 9.59 Å². The molecule has 0 aliphatic heterocycles. The summed E-state index contributed by atoms with van der Waals surface area (Å²) in [6.07, 6.45) is 3.00. The van der Waals surface area contributed by atoms with Crippen molar-refractivity contribution in [2.45, 2.75) is 43.9 Å². The van der Waals surface area contributed by atoms with Gasteiger partial charge in [-0.3, -0.25) is 10.1 Å². The van der Waals surface area contributed by atoms with E-state index in [-0.39, 0.29) is 11.7 Å². The third-order valence-corrected chi connectivity index (χ3v) is 3.89. The number of rotatable bonds is 7. The highest BCUT2D eigenvalue weighted by Crippen LogP contribution is 2.38. The predicted octanol–water partition coefficient (Wildman–Crippen LogP) is 0.400. The van der Waals surface area contributed by atoms with Crippen molar-refractivity contribution in [1.29, 1.82) is 0 Å². The van der Waals surface area contributed by atoms with Crippen LogP contribution in [0.25, 0.3) is 0 Å². The summed E-state index contributed by atoms with van der Waals surface area (Å²) < 4.78 is 2.00. The van der Waals surface area contributed by atoms with Crippen molar-refractivity contribution in [1.82, 2.24) is 25.4 Å². The fraction of sp³-hybridized carbons (Fsp3) is 0.667. The first kappa shape index (κ1) is 15.8. The fourth-order valence-electron chi connectivity index (χ4n) is 1.82. The van der Waals surface area contributed by atoms with Gasteiger partial charge in [-0.05, 0) is 19.3 Å². The number of nitrogens with zero attached hydrogens (tertiary/aromatic N) is 3.